The summed E-state index contributed by atoms with van der Waals surface area (Å²) in [6.07, 6.45) is 3.09. The third-order valence-corrected chi connectivity index (χ3v) is 6.32. The van der Waals surface area contributed by atoms with Crippen LogP contribution in [0, 0.1) is 26.7 Å². The molecular weight excluding hydrogens is 446 g/mol. The van der Waals surface area contributed by atoms with Gasteiger partial charge in [0.05, 0.1) is 29.7 Å². The molecule has 2 aromatic heterocycles. The molecule has 4 rings (SSSR count). The molecule has 0 spiro atoms. The molecule has 1 aliphatic rings. The standard InChI is InChI=1S/C27H35N3O5/c1-5-7-22(31)16-33-23-9-6-8-21(14-23)26-28-25(24-18(3)30-35-19(24)4)17(2)27(29-26)34-15-20-10-12-32-13-11-20/h6,8-9,14,20,22,31H,5,7,10-13,15-16H2,1-4H3. The molecule has 1 unspecified atom stereocenters. The minimum absolute atomic E-state index is 0.246. The fourth-order valence-electron chi connectivity index (χ4n) is 4.27. The van der Waals surface area contributed by atoms with Crippen LogP contribution in [0.5, 0.6) is 11.6 Å². The number of benzene rings is 1. The van der Waals surface area contributed by atoms with E-state index in [1.807, 2.05) is 52.0 Å². The van der Waals surface area contributed by atoms with Crippen molar-refractivity contribution in [3.8, 4) is 34.3 Å². The molecule has 0 saturated carbocycles. The van der Waals surface area contributed by atoms with Crippen molar-refractivity contribution in [2.45, 2.75) is 59.5 Å². The van der Waals surface area contributed by atoms with Crippen LogP contribution in [0.2, 0.25) is 0 Å². The minimum atomic E-state index is -0.490. The fraction of sp³-hybridized carbons (Fsp3) is 0.519. The molecule has 3 heterocycles. The van der Waals surface area contributed by atoms with E-state index in [0.29, 0.717) is 42.2 Å². The zero-order chi connectivity index (χ0) is 24.8. The van der Waals surface area contributed by atoms with Gasteiger partial charge in [-0.15, -0.1) is 0 Å². The highest BCUT2D eigenvalue weighted by atomic mass is 16.5. The second kappa shape index (κ2) is 11.6. The molecule has 0 bridgehead atoms. The number of nitrogens with zero attached hydrogens (tertiary/aromatic N) is 3. The first kappa shape index (κ1) is 25.1. The number of hydrogen-bond acceptors (Lipinski definition) is 8. The first-order valence-electron chi connectivity index (χ1n) is 12.4. The van der Waals surface area contributed by atoms with Crippen LogP contribution in [-0.2, 0) is 4.74 Å². The maximum atomic E-state index is 10.0. The Morgan fingerprint density at radius 1 is 1.11 bits per heavy atom. The lowest BCUT2D eigenvalue weighted by molar-refractivity contribution is 0.0489. The summed E-state index contributed by atoms with van der Waals surface area (Å²) in [4.78, 5) is 9.71. The normalized spacial score (nSPS) is 15.2. The van der Waals surface area contributed by atoms with Crippen molar-refractivity contribution in [3.63, 3.8) is 0 Å². The van der Waals surface area contributed by atoms with Gasteiger partial charge in [0.25, 0.3) is 0 Å². The third kappa shape index (κ3) is 6.18. The Bertz CT molecular complexity index is 1100. The van der Waals surface area contributed by atoms with E-state index in [1.54, 1.807) is 0 Å². The number of rotatable bonds is 10. The molecule has 1 aliphatic heterocycles. The van der Waals surface area contributed by atoms with E-state index in [9.17, 15) is 5.11 Å². The molecule has 1 saturated heterocycles. The third-order valence-electron chi connectivity index (χ3n) is 6.32. The van der Waals surface area contributed by atoms with Crippen molar-refractivity contribution >= 4 is 0 Å². The molecule has 0 radical (unpaired) electrons. The number of hydrogen-bond donors (Lipinski definition) is 1. The van der Waals surface area contributed by atoms with Gasteiger partial charge in [0.2, 0.25) is 5.88 Å². The van der Waals surface area contributed by atoms with Gasteiger partial charge in [0.1, 0.15) is 18.1 Å². The Balaban J connectivity index is 1.67. The maximum Gasteiger partial charge on any atom is 0.220 e. The number of aryl methyl sites for hydroxylation is 2. The van der Waals surface area contributed by atoms with Gasteiger partial charge in [0.15, 0.2) is 5.82 Å². The predicted molar refractivity (Wildman–Crippen MR) is 133 cm³/mol. The summed E-state index contributed by atoms with van der Waals surface area (Å²) in [7, 11) is 0. The van der Waals surface area contributed by atoms with E-state index >= 15 is 0 Å². The lowest BCUT2D eigenvalue weighted by Gasteiger charge is -2.22. The van der Waals surface area contributed by atoms with Crippen LogP contribution in [0.25, 0.3) is 22.6 Å². The highest BCUT2D eigenvalue weighted by Gasteiger charge is 2.22. The summed E-state index contributed by atoms with van der Waals surface area (Å²) >= 11 is 0. The summed E-state index contributed by atoms with van der Waals surface area (Å²) < 4.78 is 23.0. The number of ether oxygens (including phenoxy) is 3. The fourth-order valence-corrected chi connectivity index (χ4v) is 4.27. The van der Waals surface area contributed by atoms with Gasteiger partial charge in [-0.2, -0.15) is 4.98 Å². The highest BCUT2D eigenvalue weighted by molar-refractivity contribution is 5.71. The summed E-state index contributed by atoms with van der Waals surface area (Å²) in [5, 5.41) is 14.2. The monoisotopic (exact) mass is 481 g/mol. The molecule has 0 aliphatic carbocycles. The van der Waals surface area contributed by atoms with E-state index < -0.39 is 6.10 Å². The second-order valence-electron chi connectivity index (χ2n) is 9.17. The first-order chi connectivity index (χ1) is 17.0. The van der Waals surface area contributed by atoms with E-state index in [2.05, 4.69) is 5.16 Å². The molecule has 188 valence electrons. The summed E-state index contributed by atoms with van der Waals surface area (Å²) in [5.41, 5.74) is 4.03. The van der Waals surface area contributed by atoms with Gasteiger partial charge >= 0.3 is 0 Å². The van der Waals surface area contributed by atoms with Crippen LogP contribution in [0.3, 0.4) is 0 Å². The van der Waals surface area contributed by atoms with E-state index in [0.717, 1.165) is 60.6 Å². The van der Waals surface area contributed by atoms with Crippen LogP contribution in [0.1, 0.15) is 49.6 Å². The van der Waals surface area contributed by atoms with Crippen LogP contribution in [-0.4, -0.2) is 52.8 Å². The van der Waals surface area contributed by atoms with Crippen molar-refractivity contribution in [3.05, 3.63) is 41.3 Å². The Morgan fingerprint density at radius 2 is 1.91 bits per heavy atom. The van der Waals surface area contributed by atoms with E-state index in [4.69, 9.17) is 28.7 Å². The van der Waals surface area contributed by atoms with Crippen molar-refractivity contribution in [2.75, 3.05) is 26.4 Å². The molecule has 0 amide bonds. The number of aliphatic hydroxyl groups is 1. The van der Waals surface area contributed by atoms with Crippen molar-refractivity contribution in [2.24, 2.45) is 5.92 Å². The topological polar surface area (TPSA) is 99.7 Å². The zero-order valence-electron chi connectivity index (χ0n) is 21.0. The van der Waals surface area contributed by atoms with E-state index in [-0.39, 0.29) is 6.61 Å². The predicted octanol–water partition coefficient (Wildman–Crippen LogP) is 5.07. The molecule has 35 heavy (non-hydrogen) atoms. The molecular formula is C27H35N3O5. The molecule has 1 fully saturated rings. The minimum Gasteiger partial charge on any atom is -0.491 e. The van der Waals surface area contributed by atoms with Gasteiger partial charge in [-0.3, -0.25) is 0 Å². The summed E-state index contributed by atoms with van der Waals surface area (Å²) in [5.74, 6) is 2.89. The lowest BCUT2D eigenvalue weighted by atomic mass is 10.0. The zero-order valence-corrected chi connectivity index (χ0v) is 21.0. The average molecular weight is 482 g/mol. The highest BCUT2D eigenvalue weighted by Crippen LogP contribution is 2.35. The number of aliphatic hydroxyl groups excluding tert-OH is 1. The second-order valence-corrected chi connectivity index (χ2v) is 9.17. The van der Waals surface area contributed by atoms with Crippen LogP contribution < -0.4 is 9.47 Å². The van der Waals surface area contributed by atoms with Gasteiger partial charge in [-0.1, -0.05) is 30.6 Å². The molecule has 8 heteroatoms. The van der Waals surface area contributed by atoms with Crippen molar-refractivity contribution < 1.29 is 23.8 Å². The van der Waals surface area contributed by atoms with Crippen molar-refractivity contribution in [1.29, 1.82) is 0 Å². The Kier molecular flexibility index (Phi) is 8.36. The van der Waals surface area contributed by atoms with Gasteiger partial charge < -0.3 is 23.8 Å². The van der Waals surface area contributed by atoms with Gasteiger partial charge in [-0.25, -0.2) is 4.98 Å². The van der Waals surface area contributed by atoms with E-state index in [1.165, 1.54) is 0 Å². The lowest BCUT2D eigenvalue weighted by Crippen LogP contribution is -2.22. The molecule has 3 aromatic rings. The average Bonchev–Trinajstić information content (AvgIpc) is 3.20. The van der Waals surface area contributed by atoms with Gasteiger partial charge in [0, 0.05) is 24.3 Å². The molecule has 8 nitrogen and oxygen atoms in total. The Morgan fingerprint density at radius 3 is 2.63 bits per heavy atom. The number of aromatic nitrogens is 3. The Hall–Kier alpha value is -2.97. The SMILES string of the molecule is CCCC(O)COc1cccc(-c2nc(OCC3CCOCC3)c(C)c(-c3c(C)noc3C)n2)c1. The maximum absolute atomic E-state index is 10.0. The van der Waals surface area contributed by atoms with Gasteiger partial charge in [-0.05, 0) is 58.1 Å². The largest absolute Gasteiger partial charge is 0.491 e. The quantitative estimate of drug-likeness (QED) is 0.428. The van der Waals surface area contributed by atoms with Crippen molar-refractivity contribution in [1.82, 2.24) is 15.1 Å². The van der Waals surface area contributed by atoms with Crippen LogP contribution in [0.15, 0.2) is 28.8 Å². The van der Waals surface area contributed by atoms with Crippen LogP contribution >= 0.6 is 0 Å². The molecule has 1 N–H and O–H groups in total. The smallest absolute Gasteiger partial charge is 0.220 e. The molecule has 1 atom stereocenters. The molecule has 1 aromatic carbocycles. The van der Waals surface area contributed by atoms with Crippen LogP contribution in [0.4, 0.5) is 0 Å². The summed E-state index contributed by atoms with van der Waals surface area (Å²) in [6, 6.07) is 7.61. The summed E-state index contributed by atoms with van der Waals surface area (Å²) in [6.45, 7) is 10.2. The Labute approximate surface area is 206 Å². The first-order valence-corrected chi connectivity index (χ1v) is 12.4.